The van der Waals surface area contributed by atoms with Crippen LogP contribution in [0.25, 0.3) is 0 Å². The van der Waals surface area contributed by atoms with Crippen LogP contribution in [-0.2, 0) is 6.42 Å². The first kappa shape index (κ1) is 12.5. The molecule has 1 atom stereocenters. The molecule has 0 radical (unpaired) electrons. The Labute approximate surface area is 104 Å². The second-order valence-corrected chi connectivity index (χ2v) is 4.04. The molecule has 1 heterocycles. The molecule has 5 nitrogen and oxygen atoms in total. The maximum absolute atomic E-state index is 12.7. The number of anilines is 1. The zero-order chi connectivity index (χ0) is 13.0. The van der Waals surface area contributed by atoms with Gasteiger partial charge in [0.1, 0.15) is 5.82 Å². The minimum absolute atomic E-state index is 0.231. The molecule has 1 unspecified atom stereocenters. The van der Waals surface area contributed by atoms with Gasteiger partial charge >= 0.3 is 6.01 Å². The lowest BCUT2D eigenvalue weighted by atomic mass is 10.1. The van der Waals surface area contributed by atoms with Gasteiger partial charge in [-0.2, -0.15) is 0 Å². The van der Waals surface area contributed by atoms with Gasteiger partial charge in [0.05, 0.1) is 6.04 Å². The molecule has 6 heteroatoms. The monoisotopic (exact) mass is 250 g/mol. The van der Waals surface area contributed by atoms with Crippen molar-refractivity contribution in [3.05, 3.63) is 41.5 Å². The lowest BCUT2D eigenvalue weighted by Gasteiger charge is -2.02. The second-order valence-electron chi connectivity index (χ2n) is 4.04. The lowest BCUT2D eigenvalue weighted by Crippen LogP contribution is -2.05. The third-order valence-corrected chi connectivity index (χ3v) is 2.43. The highest BCUT2D eigenvalue weighted by Gasteiger charge is 2.08. The Bertz CT molecular complexity index is 495. The summed E-state index contributed by atoms with van der Waals surface area (Å²) in [5.41, 5.74) is 6.64. The fourth-order valence-corrected chi connectivity index (χ4v) is 1.45. The predicted molar refractivity (Wildman–Crippen MR) is 65.5 cm³/mol. The van der Waals surface area contributed by atoms with Crippen molar-refractivity contribution in [1.82, 2.24) is 10.2 Å². The number of nitrogens with zero attached hydrogens (tertiary/aromatic N) is 2. The van der Waals surface area contributed by atoms with Gasteiger partial charge in [0.25, 0.3) is 0 Å². The van der Waals surface area contributed by atoms with Gasteiger partial charge in [0.15, 0.2) is 0 Å². The van der Waals surface area contributed by atoms with Gasteiger partial charge in [-0.1, -0.05) is 17.2 Å². The van der Waals surface area contributed by atoms with Gasteiger partial charge in [-0.3, -0.25) is 0 Å². The molecule has 2 aromatic rings. The Hall–Kier alpha value is -1.95. The van der Waals surface area contributed by atoms with Crippen LogP contribution in [0.1, 0.15) is 24.4 Å². The summed E-state index contributed by atoms with van der Waals surface area (Å²) < 4.78 is 18.0. The van der Waals surface area contributed by atoms with E-state index in [0.29, 0.717) is 18.5 Å². The standard InChI is InChI=1S/C12H15FN4O/c1-8(14)11-16-17-12(18-11)15-7-6-9-2-4-10(13)5-3-9/h2-5,8H,6-7,14H2,1H3,(H,15,17). The first-order chi connectivity index (χ1) is 8.65. The van der Waals surface area contributed by atoms with Crippen LogP contribution >= 0.6 is 0 Å². The van der Waals surface area contributed by atoms with E-state index in [2.05, 4.69) is 15.5 Å². The molecule has 96 valence electrons. The van der Waals surface area contributed by atoms with Crippen LogP contribution in [0.2, 0.25) is 0 Å². The van der Waals surface area contributed by atoms with Gasteiger partial charge in [-0.05, 0) is 31.0 Å². The van der Waals surface area contributed by atoms with Crippen molar-refractivity contribution in [2.75, 3.05) is 11.9 Å². The normalized spacial score (nSPS) is 12.4. The topological polar surface area (TPSA) is 77.0 Å². The summed E-state index contributed by atoms with van der Waals surface area (Å²) in [6, 6.07) is 6.46. The zero-order valence-electron chi connectivity index (χ0n) is 10.1. The van der Waals surface area contributed by atoms with E-state index in [4.69, 9.17) is 10.2 Å². The van der Waals surface area contributed by atoms with E-state index in [9.17, 15) is 4.39 Å². The smallest absolute Gasteiger partial charge is 0.315 e. The van der Waals surface area contributed by atoms with Crippen molar-refractivity contribution in [2.45, 2.75) is 19.4 Å². The summed E-state index contributed by atoms with van der Waals surface area (Å²) in [5, 5.41) is 10.6. The number of hydrogen-bond acceptors (Lipinski definition) is 5. The zero-order valence-corrected chi connectivity index (χ0v) is 10.1. The van der Waals surface area contributed by atoms with Crippen LogP contribution < -0.4 is 11.1 Å². The Morgan fingerprint density at radius 2 is 2.06 bits per heavy atom. The molecule has 1 aromatic carbocycles. The second kappa shape index (κ2) is 5.59. The third-order valence-electron chi connectivity index (χ3n) is 2.43. The van der Waals surface area contributed by atoms with E-state index >= 15 is 0 Å². The molecule has 0 aliphatic carbocycles. The van der Waals surface area contributed by atoms with Crippen LogP contribution in [0.5, 0.6) is 0 Å². The number of halogens is 1. The third kappa shape index (κ3) is 3.27. The van der Waals surface area contributed by atoms with Gasteiger partial charge in [0, 0.05) is 6.54 Å². The van der Waals surface area contributed by atoms with Crippen LogP contribution in [0.15, 0.2) is 28.7 Å². The number of rotatable bonds is 5. The first-order valence-corrected chi connectivity index (χ1v) is 5.72. The Kier molecular flexibility index (Phi) is 3.88. The summed E-state index contributed by atoms with van der Waals surface area (Å²) >= 11 is 0. The Morgan fingerprint density at radius 1 is 1.33 bits per heavy atom. The van der Waals surface area contributed by atoms with Gasteiger partial charge in [-0.15, -0.1) is 5.10 Å². The Balaban J connectivity index is 1.82. The quantitative estimate of drug-likeness (QED) is 0.847. The highest BCUT2D eigenvalue weighted by atomic mass is 19.1. The number of aromatic nitrogens is 2. The summed E-state index contributed by atoms with van der Waals surface area (Å²) in [4.78, 5) is 0. The van der Waals surface area contributed by atoms with E-state index in [1.165, 1.54) is 12.1 Å². The van der Waals surface area contributed by atoms with Crippen molar-refractivity contribution in [3.63, 3.8) is 0 Å². The molecule has 0 aliphatic rings. The molecule has 3 N–H and O–H groups in total. The first-order valence-electron chi connectivity index (χ1n) is 5.72. The summed E-state index contributed by atoms with van der Waals surface area (Å²) in [6.45, 7) is 2.40. The summed E-state index contributed by atoms with van der Waals surface area (Å²) in [5.74, 6) is 0.171. The molecule has 0 aliphatic heterocycles. The highest BCUT2D eigenvalue weighted by Crippen LogP contribution is 2.11. The van der Waals surface area contributed by atoms with Crippen LogP contribution in [-0.4, -0.2) is 16.7 Å². The molecule has 0 fully saturated rings. The van der Waals surface area contributed by atoms with Gasteiger partial charge in [-0.25, -0.2) is 4.39 Å². The molecule has 2 rings (SSSR count). The molecular weight excluding hydrogens is 235 g/mol. The largest absolute Gasteiger partial charge is 0.406 e. The molecule has 0 saturated carbocycles. The molecule has 1 aromatic heterocycles. The molecule has 0 saturated heterocycles. The average molecular weight is 250 g/mol. The van der Waals surface area contributed by atoms with Crippen molar-refractivity contribution in [1.29, 1.82) is 0 Å². The van der Waals surface area contributed by atoms with Crippen molar-refractivity contribution >= 4 is 6.01 Å². The van der Waals surface area contributed by atoms with E-state index in [-0.39, 0.29) is 11.9 Å². The molecule has 0 spiro atoms. The number of nitrogens with one attached hydrogen (secondary N) is 1. The van der Waals surface area contributed by atoms with E-state index in [1.807, 2.05) is 0 Å². The number of nitrogens with two attached hydrogens (primary N) is 1. The van der Waals surface area contributed by atoms with Crippen molar-refractivity contribution in [2.24, 2.45) is 5.73 Å². The van der Waals surface area contributed by atoms with Gasteiger partial charge in [0.2, 0.25) is 5.89 Å². The van der Waals surface area contributed by atoms with Gasteiger partial charge < -0.3 is 15.5 Å². The van der Waals surface area contributed by atoms with Crippen LogP contribution in [0.3, 0.4) is 0 Å². The predicted octanol–water partition coefficient (Wildman–Crippen LogP) is 1.88. The van der Waals surface area contributed by atoms with E-state index in [0.717, 1.165) is 12.0 Å². The molecule has 0 bridgehead atoms. The minimum atomic E-state index is -0.273. The number of hydrogen-bond donors (Lipinski definition) is 2. The summed E-state index contributed by atoms with van der Waals surface area (Å²) in [7, 11) is 0. The average Bonchev–Trinajstić information content (AvgIpc) is 2.81. The van der Waals surface area contributed by atoms with E-state index in [1.54, 1.807) is 19.1 Å². The molecule has 18 heavy (non-hydrogen) atoms. The maximum atomic E-state index is 12.7. The highest BCUT2D eigenvalue weighted by molar-refractivity contribution is 5.21. The number of benzene rings is 1. The van der Waals surface area contributed by atoms with Crippen molar-refractivity contribution in [3.8, 4) is 0 Å². The van der Waals surface area contributed by atoms with Crippen molar-refractivity contribution < 1.29 is 8.81 Å². The maximum Gasteiger partial charge on any atom is 0.315 e. The summed E-state index contributed by atoms with van der Waals surface area (Å²) in [6.07, 6.45) is 0.746. The fourth-order valence-electron chi connectivity index (χ4n) is 1.45. The molecule has 0 amide bonds. The lowest BCUT2D eigenvalue weighted by molar-refractivity contribution is 0.473. The van der Waals surface area contributed by atoms with Crippen LogP contribution in [0, 0.1) is 5.82 Å². The molecular formula is C12H15FN4O. The minimum Gasteiger partial charge on any atom is -0.406 e. The Morgan fingerprint density at radius 3 is 2.67 bits per heavy atom. The van der Waals surface area contributed by atoms with E-state index < -0.39 is 0 Å². The van der Waals surface area contributed by atoms with Crippen LogP contribution in [0.4, 0.5) is 10.4 Å². The SMILES string of the molecule is CC(N)c1nnc(NCCc2ccc(F)cc2)o1. The fraction of sp³-hybridized carbons (Fsp3) is 0.333.